The Morgan fingerprint density at radius 2 is 1.38 bits per heavy atom. The number of aryl methyl sites for hydroxylation is 1. The van der Waals surface area contributed by atoms with Gasteiger partial charge in [-0.15, -0.1) is 0 Å². The summed E-state index contributed by atoms with van der Waals surface area (Å²) in [6, 6.07) is 20.6. The van der Waals surface area contributed by atoms with Gasteiger partial charge in [0.1, 0.15) is 18.1 Å². The number of benzene rings is 3. The molecule has 0 saturated carbocycles. The zero-order valence-electron chi connectivity index (χ0n) is 22.9. The van der Waals surface area contributed by atoms with E-state index in [0.717, 1.165) is 22.3 Å². The summed E-state index contributed by atoms with van der Waals surface area (Å²) in [7, 11) is 0. The van der Waals surface area contributed by atoms with Crippen molar-refractivity contribution in [3.8, 4) is 11.5 Å². The number of carbonyl (C=O) groups excluding carboxylic acids is 2. The van der Waals surface area contributed by atoms with Gasteiger partial charge in [-0.25, -0.2) is 0 Å². The topological polar surface area (TPSA) is 75.6 Å². The average molecular weight is 502 g/mol. The number of nitrogens with one attached hydrogen (secondary N) is 1. The molecule has 0 aliphatic carbocycles. The van der Waals surface area contributed by atoms with E-state index in [9.17, 15) is 14.7 Å². The maximum atomic E-state index is 12.7. The lowest BCUT2D eigenvalue weighted by Gasteiger charge is -2.28. The van der Waals surface area contributed by atoms with Crippen LogP contribution in [0.5, 0.6) is 11.5 Å². The number of ether oxygens (including phenoxy) is 1. The van der Waals surface area contributed by atoms with Crippen molar-refractivity contribution in [3.63, 3.8) is 0 Å². The molecule has 5 nitrogen and oxygen atoms in total. The molecule has 0 spiro atoms. The Morgan fingerprint density at radius 3 is 1.92 bits per heavy atom. The monoisotopic (exact) mass is 501 g/mol. The summed E-state index contributed by atoms with van der Waals surface area (Å²) < 4.78 is 5.61. The molecule has 0 aromatic heterocycles. The summed E-state index contributed by atoms with van der Waals surface area (Å²) in [5.41, 5.74) is 4.04. The number of phenols is 1. The van der Waals surface area contributed by atoms with Gasteiger partial charge in [-0.1, -0.05) is 84.0 Å². The van der Waals surface area contributed by atoms with E-state index in [1.165, 1.54) is 0 Å². The maximum Gasteiger partial charge on any atom is 0.224 e. The molecule has 0 fully saturated rings. The fourth-order valence-corrected chi connectivity index (χ4v) is 4.14. The average Bonchev–Trinajstić information content (AvgIpc) is 2.82. The van der Waals surface area contributed by atoms with Gasteiger partial charge in [0.05, 0.1) is 0 Å². The molecule has 3 aromatic carbocycles. The van der Waals surface area contributed by atoms with Crippen LogP contribution < -0.4 is 10.1 Å². The minimum absolute atomic E-state index is 0.000335. The minimum atomic E-state index is -0.210. The molecule has 0 bridgehead atoms. The van der Waals surface area contributed by atoms with Gasteiger partial charge < -0.3 is 15.2 Å². The van der Waals surface area contributed by atoms with Crippen molar-refractivity contribution in [3.05, 3.63) is 89.0 Å². The van der Waals surface area contributed by atoms with E-state index in [-0.39, 0.29) is 29.1 Å². The number of amides is 1. The van der Waals surface area contributed by atoms with E-state index in [1.807, 2.05) is 42.5 Å². The number of rotatable bonds is 9. The third-order valence-electron chi connectivity index (χ3n) is 6.21. The fourth-order valence-electron chi connectivity index (χ4n) is 4.14. The lowest BCUT2D eigenvalue weighted by atomic mass is 9.78. The van der Waals surface area contributed by atoms with Crippen LogP contribution in [0.4, 0.5) is 5.69 Å². The molecule has 3 aromatic rings. The Labute approximate surface area is 220 Å². The first-order valence-electron chi connectivity index (χ1n) is 12.8. The Morgan fingerprint density at radius 1 is 0.811 bits per heavy atom. The van der Waals surface area contributed by atoms with Crippen LogP contribution in [0.2, 0.25) is 0 Å². The van der Waals surface area contributed by atoms with Crippen LogP contribution >= 0.6 is 0 Å². The van der Waals surface area contributed by atoms with Crippen LogP contribution in [-0.2, 0) is 33.3 Å². The number of hydrogen-bond donors (Lipinski definition) is 2. The predicted molar refractivity (Wildman–Crippen MR) is 150 cm³/mol. The Hall–Kier alpha value is -3.60. The van der Waals surface area contributed by atoms with Gasteiger partial charge in [-0.05, 0) is 63.8 Å². The number of Topliss-reactive ketones (excluding diaryl/α,β-unsaturated/α-hetero) is 1. The van der Waals surface area contributed by atoms with Gasteiger partial charge in [-0.2, -0.15) is 0 Å². The van der Waals surface area contributed by atoms with Crippen molar-refractivity contribution in [1.82, 2.24) is 0 Å². The minimum Gasteiger partial charge on any atom is -0.507 e. The highest BCUT2D eigenvalue weighted by Crippen LogP contribution is 2.40. The first-order chi connectivity index (χ1) is 17.3. The molecule has 37 heavy (non-hydrogen) atoms. The number of anilines is 1. The predicted octanol–water partition coefficient (Wildman–Crippen LogP) is 6.75. The van der Waals surface area contributed by atoms with Gasteiger partial charge in [-0.3, -0.25) is 9.59 Å². The number of phenolic OH excluding ortho intramolecular Hbond substituents is 1. The lowest BCUT2D eigenvalue weighted by Crippen LogP contribution is -2.18. The Bertz CT molecular complexity index is 1180. The summed E-state index contributed by atoms with van der Waals surface area (Å²) in [4.78, 5) is 24.8. The van der Waals surface area contributed by atoms with Crippen molar-refractivity contribution in [2.75, 3.05) is 11.9 Å². The third-order valence-corrected chi connectivity index (χ3v) is 6.21. The SMILES string of the molecule is CC(C)(C)c1cc(CCC(=O)Nc2ccc(OCC(=O)Cc3ccccc3)cc2)cc(C(C)(C)C)c1O. The molecule has 0 atom stereocenters. The largest absolute Gasteiger partial charge is 0.507 e. The lowest BCUT2D eigenvalue weighted by molar-refractivity contribution is -0.120. The van der Waals surface area contributed by atoms with Gasteiger partial charge in [0.25, 0.3) is 0 Å². The highest BCUT2D eigenvalue weighted by molar-refractivity contribution is 5.90. The second kappa shape index (κ2) is 11.6. The van der Waals surface area contributed by atoms with Crippen LogP contribution in [0.25, 0.3) is 0 Å². The van der Waals surface area contributed by atoms with Crippen molar-refractivity contribution >= 4 is 17.4 Å². The van der Waals surface area contributed by atoms with Gasteiger partial charge in [0.2, 0.25) is 5.91 Å². The molecule has 5 heteroatoms. The van der Waals surface area contributed by atoms with E-state index >= 15 is 0 Å². The Balaban J connectivity index is 1.55. The zero-order chi connectivity index (χ0) is 27.2. The molecule has 0 aliphatic rings. The van der Waals surface area contributed by atoms with E-state index < -0.39 is 0 Å². The van der Waals surface area contributed by atoms with Gasteiger partial charge in [0.15, 0.2) is 5.78 Å². The quantitative estimate of drug-likeness (QED) is 0.340. The zero-order valence-corrected chi connectivity index (χ0v) is 22.9. The molecule has 0 saturated heterocycles. The normalized spacial score (nSPS) is 11.7. The van der Waals surface area contributed by atoms with Crippen molar-refractivity contribution in [1.29, 1.82) is 0 Å². The number of hydrogen-bond acceptors (Lipinski definition) is 4. The van der Waals surface area contributed by atoms with E-state index in [1.54, 1.807) is 24.3 Å². The molecule has 0 aliphatic heterocycles. The summed E-state index contributed by atoms with van der Waals surface area (Å²) in [5.74, 6) is 0.835. The first-order valence-corrected chi connectivity index (χ1v) is 12.8. The van der Waals surface area contributed by atoms with Crippen LogP contribution in [0, 0.1) is 0 Å². The fraction of sp³-hybridized carbons (Fsp3) is 0.375. The molecular weight excluding hydrogens is 462 g/mol. The van der Waals surface area contributed by atoms with Crippen LogP contribution in [0.1, 0.15) is 70.2 Å². The van der Waals surface area contributed by atoms with Crippen molar-refractivity contribution in [2.45, 2.75) is 71.6 Å². The summed E-state index contributed by atoms with van der Waals surface area (Å²) >= 11 is 0. The maximum absolute atomic E-state index is 12.7. The first kappa shape index (κ1) is 28.0. The molecule has 0 heterocycles. The molecule has 2 N–H and O–H groups in total. The third kappa shape index (κ3) is 8.21. The smallest absolute Gasteiger partial charge is 0.224 e. The summed E-state index contributed by atoms with van der Waals surface area (Å²) in [5, 5.41) is 13.8. The second-order valence-electron chi connectivity index (χ2n) is 11.6. The van der Waals surface area contributed by atoms with E-state index in [0.29, 0.717) is 36.4 Å². The van der Waals surface area contributed by atoms with Crippen LogP contribution in [0.15, 0.2) is 66.7 Å². The van der Waals surface area contributed by atoms with Gasteiger partial charge >= 0.3 is 0 Å². The van der Waals surface area contributed by atoms with Crippen molar-refractivity contribution in [2.24, 2.45) is 0 Å². The summed E-state index contributed by atoms with van der Waals surface area (Å²) in [6.07, 6.45) is 1.23. The Kier molecular flexibility index (Phi) is 8.80. The molecule has 0 radical (unpaired) electrons. The molecule has 0 unspecified atom stereocenters. The number of carbonyl (C=O) groups is 2. The standard InChI is InChI=1S/C32H39NO4/c1-31(2,3)27-19-23(20-28(30(27)36)32(4,5)6)12-17-29(35)33-24-13-15-26(16-14-24)37-21-25(34)18-22-10-8-7-9-11-22/h7-11,13-16,19-20,36H,12,17-18,21H2,1-6H3,(H,33,35). The second-order valence-corrected chi connectivity index (χ2v) is 11.6. The van der Waals surface area contributed by atoms with Crippen molar-refractivity contribution < 1.29 is 19.4 Å². The molecule has 1 amide bonds. The van der Waals surface area contributed by atoms with Gasteiger partial charge in [0, 0.05) is 18.5 Å². The van der Waals surface area contributed by atoms with Crippen LogP contribution in [0.3, 0.4) is 0 Å². The highest BCUT2D eigenvalue weighted by atomic mass is 16.5. The highest BCUT2D eigenvalue weighted by Gasteiger charge is 2.26. The number of ketones is 1. The van der Waals surface area contributed by atoms with Crippen LogP contribution in [-0.4, -0.2) is 23.4 Å². The van der Waals surface area contributed by atoms with E-state index in [4.69, 9.17) is 4.74 Å². The summed E-state index contributed by atoms with van der Waals surface area (Å²) in [6.45, 7) is 12.5. The molecule has 196 valence electrons. The molecular formula is C32H39NO4. The van der Waals surface area contributed by atoms with E-state index in [2.05, 4.69) is 46.9 Å². The number of aromatic hydroxyl groups is 1. The molecule has 3 rings (SSSR count).